The molecule has 8 heteroatoms. The number of Topliss-reactive ketones (excluding diaryl/α,β-unsaturated/α-hetero) is 1. The average Bonchev–Trinajstić information content (AvgIpc) is 2.92. The Morgan fingerprint density at radius 2 is 1.85 bits per heavy atom. The van der Waals surface area contributed by atoms with Gasteiger partial charge in [0.05, 0.1) is 30.5 Å². The fourth-order valence-electron chi connectivity index (χ4n) is 3.37. The summed E-state index contributed by atoms with van der Waals surface area (Å²) >= 11 is 0. The zero-order valence-corrected chi connectivity index (χ0v) is 15.2. The summed E-state index contributed by atoms with van der Waals surface area (Å²) in [6.07, 6.45) is -4.30. The number of aromatic nitrogens is 2. The van der Waals surface area contributed by atoms with E-state index in [1.807, 2.05) is 13.8 Å². The van der Waals surface area contributed by atoms with Crippen molar-refractivity contribution in [1.29, 1.82) is 0 Å². The number of esters is 1. The van der Waals surface area contributed by atoms with Gasteiger partial charge < -0.3 is 4.74 Å². The number of hydrogen-bond donors (Lipinski definition) is 0. The number of rotatable bonds is 3. The first kappa shape index (κ1) is 19.1. The molecule has 2 aromatic rings. The van der Waals surface area contributed by atoms with Crippen LogP contribution in [-0.2, 0) is 23.9 Å². The lowest BCUT2D eigenvalue weighted by molar-refractivity contribution is -0.141. The molecule has 0 amide bonds. The summed E-state index contributed by atoms with van der Waals surface area (Å²) in [5, 5.41) is 3.73. The number of alkyl halides is 3. The summed E-state index contributed by atoms with van der Waals surface area (Å²) in [7, 11) is 1.27. The van der Waals surface area contributed by atoms with E-state index in [0.29, 0.717) is 23.2 Å². The number of methoxy groups -OCH3 is 1. The molecule has 0 fully saturated rings. The molecule has 144 valence electrons. The lowest BCUT2D eigenvalue weighted by Crippen LogP contribution is -2.29. The van der Waals surface area contributed by atoms with Crippen molar-refractivity contribution in [3.05, 3.63) is 52.3 Å². The fourth-order valence-corrected chi connectivity index (χ4v) is 3.37. The van der Waals surface area contributed by atoms with Gasteiger partial charge in [-0.2, -0.15) is 18.3 Å². The molecular formula is C19H19F3N2O3. The minimum Gasteiger partial charge on any atom is -0.465 e. The van der Waals surface area contributed by atoms with Crippen LogP contribution in [0.5, 0.6) is 0 Å². The van der Waals surface area contributed by atoms with Crippen LogP contribution in [0.1, 0.15) is 57.9 Å². The molecule has 0 bridgehead atoms. The van der Waals surface area contributed by atoms with Crippen LogP contribution in [0.3, 0.4) is 0 Å². The standard InChI is InChI=1S/C19H19F3N2O3/c1-18(2)8-13-15(14(25)9-18)16(19(20,21)22)23-24(13)10-11-4-6-12(7-5-11)17(26)27-3/h4-7H,8-10H2,1-3H3. The number of hydrogen-bond acceptors (Lipinski definition) is 4. The number of ether oxygens (including phenoxy) is 1. The molecule has 1 aromatic heterocycles. The number of carbonyl (C=O) groups excluding carboxylic acids is 2. The molecule has 0 radical (unpaired) electrons. The van der Waals surface area contributed by atoms with Crippen molar-refractivity contribution in [3.8, 4) is 0 Å². The van der Waals surface area contributed by atoms with E-state index in [4.69, 9.17) is 0 Å². The van der Waals surface area contributed by atoms with Crippen molar-refractivity contribution < 1.29 is 27.5 Å². The van der Waals surface area contributed by atoms with Gasteiger partial charge in [0.25, 0.3) is 0 Å². The Morgan fingerprint density at radius 3 is 2.41 bits per heavy atom. The molecule has 1 aliphatic carbocycles. The van der Waals surface area contributed by atoms with Crippen LogP contribution in [-0.4, -0.2) is 28.6 Å². The highest BCUT2D eigenvalue weighted by Crippen LogP contribution is 2.41. The van der Waals surface area contributed by atoms with E-state index in [-0.39, 0.29) is 18.5 Å². The highest BCUT2D eigenvalue weighted by atomic mass is 19.4. The molecular weight excluding hydrogens is 361 g/mol. The Bertz CT molecular complexity index is 896. The molecule has 0 spiro atoms. The number of ketones is 1. The summed E-state index contributed by atoms with van der Waals surface area (Å²) in [6, 6.07) is 6.33. The van der Waals surface area contributed by atoms with Gasteiger partial charge in [0.1, 0.15) is 0 Å². The van der Waals surface area contributed by atoms with Gasteiger partial charge in [0, 0.05) is 6.42 Å². The lowest BCUT2D eigenvalue weighted by Gasteiger charge is -2.29. The SMILES string of the molecule is COC(=O)c1ccc(Cn2nc(C(F)(F)F)c3c2CC(C)(C)CC3=O)cc1. The second-order valence-corrected chi connectivity index (χ2v) is 7.46. The molecule has 0 N–H and O–H groups in total. The van der Waals surface area contributed by atoms with E-state index >= 15 is 0 Å². The summed E-state index contributed by atoms with van der Waals surface area (Å²) in [4.78, 5) is 23.9. The van der Waals surface area contributed by atoms with Gasteiger partial charge in [-0.25, -0.2) is 4.79 Å². The maximum Gasteiger partial charge on any atom is 0.435 e. The lowest BCUT2D eigenvalue weighted by atomic mass is 9.75. The number of fused-ring (bicyclic) bond motifs is 1. The van der Waals surface area contributed by atoms with Crippen molar-refractivity contribution in [1.82, 2.24) is 9.78 Å². The Hall–Kier alpha value is -2.64. The van der Waals surface area contributed by atoms with E-state index in [9.17, 15) is 22.8 Å². The van der Waals surface area contributed by atoms with E-state index in [0.717, 1.165) is 0 Å². The van der Waals surface area contributed by atoms with E-state index in [2.05, 4.69) is 9.84 Å². The third-order valence-electron chi connectivity index (χ3n) is 4.60. The first-order valence-corrected chi connectivity index (χ1v) is 8.39. The zero-order chi connectivity index (χ0) is 20.0. The quantitative estimate of drug-likeness (QED) is 0.758. The summed E-state index contributed by atoms with van der Waals surface area (Å²) < 4.78 is 46.1. The maximum absolute atomic E-state index is 13.4. The van der Waals surface area contributed by atoms with Crippen LogP contribution < -0.4 is 0 Å². The smallest absolute Gasteiger partial charge is 0.435 e. The average molecular weight is 380 g/mol. The van der Waals surface area contributed by atoms with Crippen molar-refractivity contribution >= 4 is 11.8 Å². The van der Waals surface area contributed by atoms with Gasteiger partial charge in [-0.15, -0.1) is 0 Å². The molecule has 0 atom stereocenters. The van der Waals surface area contributed by atoms with Gasteiger partial charge in [-0.1, -0.05) is 26.0 Å². The van der Waals surface area contributed by atoms with Gasteiger partial charge in [0.2, 0.25) is 0 Å². The number of carbonyl (C=O) groups is 2. The van der Waals surface area contributed by atoms with E-state index in [1.165, 1.54) is 23.9 Å². The minimum atomic E-state index is -4.69. The number of halogens is 3. The molecule has 5 nitrogen and oxygen atoms in total. The molecule has 0 unspecified atom stereocenters. The van der Waals surface area contributed by atoms with Crippen LogP contribution in [0.2, 0.25) is 0 Å². The second-order valence-electron chi connectivity index (χ2n) is 7.46. The zero-order valence-electron chi connectivity index (χ0n) is 15.2. The number of benzene rings is 1. The van der Waals surface area contributed by atoms with Crippen molar-refractivity contribution in [3.63, 3.8) is 0 Å². The van der Waals surface area contributed by atoms with Crippen LogP contribution in [0.25, 0.3) is 0 Å². The van der Waals surface area contributed by atoms with Crippen LogP contribution >= 0.6 is 0 Å². The first-order chi connectivity index (χ1) is 12.5. The Kier molecular flexibility index (Phi) is 4.61. The summed E-state index contributed by atoms with van der Waals surface area (Å²) in [6.45, 7) is 3.77. The molecule has 27 heavy (non-hydrogen) atoms. The molecule has 0 saturated heterocycles. The van der Waals surface area contributed by atoms with Gasteiger partial charge in [-0.05, 0) is 29.5 Å². The highest BCUT2D eigenvalue weighted by molar-refractivity contribution is 6.00. The molecule has 1 aromatic carbocycles. The highest BCUT2D eigenvalue weighted by Gasteiger charge is 2.45. The largest absolute Gasteiger partial charge is 0.465 e. The third kappa shape index (κ3) is 3.74. The maximum atomic E-state index is 13.4. The Labute approximate surface area is 154 Å². The molecule has 0 aliphatic heterocycles. The third-order valence-corrected chi connectivity index (χ3v) is 4.60. The predicted molar refractivity (Wildman–Crippen MR) is 90.5 cm³/mol. The minimum absolute atomic E-state index is 0.0581. The Morgan fingerprint density at radius 1 is 1.22 bits per heavy atom. The molecule has 3 rings (SSSR count). The topological polar surface area (TPSA) is 61.2 Å². The van der Waals surface area contributed by atoms with Gasteiger partial charge in [0.15, 0.2) is 11.5 Å². The van der Waals surface area contributed by atoms with Crippen LogP contribution in [0.15, 0.2) is 24.3 Å². The predicted octanol–water partition coefficient (Wildman–Crippen LogP) is 3.89. The monoisotopic (exact) mass is 380 g/mol. The summed E-state index contributed by atoms with van der Waals surface area (Å²) in [5.74, 6) is -1.02. The number of nitrogens with zero attached hydrogens (tertiary/aromatic N) is 2. The van der Waals surface area contributed by atoms with E-state index < -0.39 is 29.0 Å². The van der Waals surface area contributed by atoms with Crippen LogP contribution in [0.4, 0.5) is 13.2 Å². The normalized spacial score (nSPS) is 16.1. The van der Waals surface area contributed by atoms with Crippen molar-refractivity contribution in [2.24, 2.45) is 5.41 Å². The van der Waals surface area contributed by atoms with Crippen LogP contribution in [0, 0.1) is 5.41 Å². The summed E-state index contributed by atoms with van der Waals surface area (Å²) in [5.41, 5.74) is -0.550. The fraction of sp³-hybridized carbons (Fsp3) is 0.421. The van der Waals surface area contributed by atoms with Gasteiger partial charge >= 0.3 is 12.1 Å². The molecule has 1 aliphatic rings. The van der Waals surface area contributed by atoms with E-state index in [1.54, 1.807) is 12.1 Å². The second kappa shape index (κ2) is 6.51. The molecule has 0 saturated carbocycles. The van der Waals surface area contributed by atoms with Crippen molar-refractivity contribution in [2.75, 3.05) is 7.11 Å². The first-order valence-electron chi connectivity index (χ1n) is 8.39. The Balaban J connectivity index is 2.01. The molecule has 1 heterocycles. The van der Waals surface area contributed by atoms with Crippen molar-refractivity contribution in [2.45, 2.75) is 39.4 Å². The van der Waals surface area contributed by atoms with Gasteiger partial charge in [-0.3, -0.25) is 9.48 Å².